The fraction of sp³-hybridized carbons (Fsp3) is 0.435. The van der Waals surface area contributed by atoms with Gasteiger partial charge < -0.3 is 19.9 Å². The Morgan fingerprint density at radius 1 is 1.14 bits per heavy atom. The number of carbonyl (C=O) groups is 1. The van der Waals surface area contributed by atoms with E-state index in [4.69, 9.17) is 4.74 Å². The number of methoxy groups -OCH3 is 1. The lowest BCUT2D eigenvalue weighted by Gasteiger charge is -2.36. The van der Waals surface area contributed by atoms with E-state index in [2.05, 4.69) is 48.6 Å². The van der Waals surface area contributed by atoms with Gasteiger partial charge in [0.25, 0.3) is 0 Å². The largest absolute Gasteiger partial charge is 0.496 e. The molecule has 0 spiro atoms. The average molecular weight is 382 g/mol. The molecule has 2 aromatic carbocycles. The maximum atomic E-state index is 12.9. The number of ether oxygens (including phenoxy) is 1. The molecule has 1 saturated heterocycles. The van der Waals surface area contributed by atoms with Crippen molar-refractivity contribution in [3.63, 3.8) is 0 Å². The van der Waals surface area contributed by atoms with Gasteiger partial charge in [-0.1, -0.05) is 42.5 Å². The molecule has 2 aromatic rings. The number of nitrogens with one attached hydrogen (secondary N) is 1. The van der Waals surface area contributed by atoms with Crippen molar-refractivity contribution in [3.8, 4) is 5.75 Å². The Bertz CT molecular complexity index is 774. The van der Waals surface area contributed by atoms with Gasteiger partial charge in [-0.25, -0.2) is 4.79 Å². The number of hydrogen-bond donors (Lipinski definition) is 1. The van der Waals surface area contributed by atoms with Crippen molar-refractivity contribution in [2.45, 2.75) is 38.4 Å². The molecular weight excluding hydrogens is 350 g/mol. The van der Waals surface area contributed by atoms with Crippen LogP contribution in [0, 0.1) is 0 Å². The zero-order chi connectivity index (χ0) is 19.9. The normalized spacial score (nSPS) is 16.9. The molecule has 0 aliphatic carbocycles. The summed E-state index contributed by atoms with van der Waals surface area (Å²) in [6.07, 6.45) is 3.22. The summed E-state index contributed by atoms with van der Waals surface area (Å²) in [5.41, 5.74) is 3.49. The van der Waals surface area contributed by atoms with Crippen LogP contribution in [0.2, 0.25) is 0 Å². The highest BCUT2D eigenvalue weighted by molar-refractivity contribution is 5.75. The summed E-state index contributed by atoms with van der Waals surface area (Å²) in [6, 6.07) is 16.6. The third kappa shape index (κ3) is 5.04. The number of benzene rings is 2. The van der Waals surface area contributed by atoms with E-state index < -0.39 is 0 Å². The molecule has 1 fully saturated rings. The lowest BCUT2D eigenvalue weighted by Crippen LogP contribution is -2.44. The van der Waals surface area contributed by atoms with E-state index in [0.29, 0.717) is 6.54 Å². The van der Waals surface area contributed by atoms with Crippen LogP contribution < -0.4 is 10.1 Å². The molecule has 1 aliphatic heterocycles. The average Bonchev–Trinajstić information content (AvgIpc) is 2.72. The first-order chi connectivity index (χ1) is 13.6. The van der Waals surface area contributed by atoms with Crippen molar-refractivity contribution < 1.29 is 9.53 Å². The lowest BCUT2D eigenvalue weighted by atomic mass is 9.95. The molecule has 0 radical (unpaired) electrons. The second kappa shape index (κ2) is 9.60. The SMILES string of the molecule is COc1ccccc1CNC(=O)N1CCCCC1c1ccc(CN(C)C)cc1. The molecule has 0 bridgehead atoms. The summed E-state index contributed by atoms with van der Waals surface area (Å²) < 4.78 is 5.38. The van der Waals surface area contributed by atoms with Crippen molar-refractivity contribution in [2.75, 3.05) is 27.7 Å². The number of likely N-dealkylation sites (tertiary alicyclic amines) is 1. The van der Waals surface area contributed by atoms with Gasteiger partial charge >= 0.3 is 6.03 Å². The Hall–Kier alpha value is -2.53. The van der Waals surface area contributed by atoms with Gasteiger partial charge in [0.05, 0.1) is 13.2 Å². The Labute approximate surface area is 168 Å². The van der Waals surface area contributed by atoms with E-state index in [1.807, 2.05) is 29.2 Å². The van der Waals surface area contributed by atoms with Crippen LogP contribution in [0.1, 0.15) is 42.0 Å². The van der Waals surface area contributed by atoms with Crippen LogP contribution in [0.3, 0.4) is 0 Å². The first kappa shape index (κ1) is 20.2. The fourth-order valence-corrected chi connectivity index (χ4v) is 3.85. The minimum atomic E-state index is -0.00651. The Morgan fingerprint density at radius 3 is 2.61 bits per heavy atom. The molecule has 5 nitrogen and oxygen atoms in total. The molecule has 150 valence electrons. The van der Waals surface area contributed by atoms with Gasteiger partial charge in [-0.05, 0) is 50.6 Å². The molecule has 1 N–H and O–H groups in total. The number of piperidine rings is 1. The number of carbonyl (C=O) groups excluding carboxylic acids is 1. The van der Waals surface area contributed by atoms with Gasteiger partial charge in [0.1, 0.15) is 5.75 Å². The van der Waals surface area contributed by atoms with Crippen molar-refractivity contribution in [1.82, 2.24) is 15.1 Å². The molecule has 1 aliphatic rings. The molecule has 0 aromatic heterocycles. The summed E-state index contributed by atoms with van der Waals surface area (Å²) >= 11 is 0. The number of rotatable bonds is 6. The first-order valence-electron chi connectivity index (χ1n) is 9.98. The fourth-order valence-electron chi connectivity index (χ4n) is 3.85. The maximum absolute atomic E-state index is 12.9. The minimum absolute atomic E-state index is 0.00651. The number of nitrogens with zero attached hydrogens (tertiary/aromatic N) is 2. The molecule has 1 atom stereocenters. The first-order valence-corrected chi connectivity index (χ1v) is 9.98. The third-order valence-corrected chi connectivity index (χ3v) is 5.25. The van der Waals surface area contributed by atoms with Crippen LogP contribution in [0.25, 0.3) is 0 Å². The highest BCUT2D eigenvalue weighted by Crippen LogP contribution is 2.31. The van der Waals surface area contributed by atoms with Gasteiger partial charge in [-0.15, -0.1) is 0 Å². The highest BCUT2D eigenvalue weighted by Gasteiger charge is 2.27. The molecule has 0 saturated carbocycles. The predicted molar refractivity (Wildman–Crippen MR) is 112 cm³/mol. The van der Waals surface area contributed by atoms with E-state index in [-0.39, 0.29) is 12.1 Å². The number of urea groups is 1. The molecular formula is C23H31N3O2. The summed E-state index contributed by atoms with van der Waals surface area (Å²) in [7, 11) is 5.80. The second-order valence-corrected chi connectivity index (χ2v) is 7.65. The molecule has 3 rings (SSSR count). The van der Waals surface area contributed by atoms with E-state index in [0.717, 1.165) is 43.7 Å². The van der Waals surface area contributed by atoms with Gasteiger partial charge in [-0.2, -0.15) is 0 Å². The van der Waals surface area contributed by atoms with Crippen LogP contribution in [0.5, 0.6) is 5.75 Å². The van der Waals surface area contributed by atoms with Crippen molar-refractivity contribution >= 4 is 6.03 Å². The standard InChI is InChI=1S/C23H31N3O2/c1-25(2)17-18-11-13-19(14-12-18)21-9-6-7-15-26(21)23(27)24-16-20-8-4-5-10-22(20)28-3/h4-5,8,10-14,21H,6-7,9,15-17H2,1-3H3,(H,24,27). The summed E-state index contributed by atoms with van der Waals surface area (Å²) in [5, 5.41) is 3.08. The van der Waals surface area contributed by atoms with Gasteiger partial charge in [0.2, 0.25) is 0 Å². The quantitative estimate of drug-likeness (QED) is 0.816. The Morgan fingerprint density at radius 2 is 1.89 bits per heavy atom. The Kier molecular flexibility index (Phi) is 6.93. The smallest absolute Gasteiger partial charge is 0.318 e. The number of amides is 2. The zero-order valence-electron chi connectivity index (χ0n) is 17.1. The predicted octanol–water partition coefficient (Wildman–Crippen LogP) is 4.19. The summed E-state index contributed by atoms with van der Waals surface area (Å²) in [4.78, 5) is 17.1. The molecule has 2 amide bonds. The molecule has 1 heterocycles. The number of para-hydroxylation sites is 1. The summed E-state index contributed by atoms with van der Waals surface area (Å²) in [6.45, 7) is 2.18. The van der Waals surface area contributed by atoms with Gasteiger partial charge in [0, 0.05) is 25.2 Å². The van der Waals surface area contributed by atoms with Crippen molar-refractivity contribution in [1.29, 1.82) is 0 Å². The second-order valence-electron chi connectivity index (χ2n) is 7.65. The molecule has 5 heteroatoms. The van der Waals surface area contributed by atoms with E-state index in [1.54, 1.807) is 7.11 Å². The summed E-state index contributed by atoms with van der Waals surface area (Å²) in [5.74, 6) is 0.800. The highest BCUT2D eigenvalue weighted by atomic mass is 16.5. The van der Waals surface area contributed by atoms with Crippen molar-refractivity contribution in [2.24, 2.45) is 0 Å². The number of hydrogen-bond acceptors (Lipinski definition) is 3. The van der Waals surface area contributed by atoms with Gasteiger partial charge in [0.15, 0.2) is 0 Å². The van der Waals surface area contributed by atoms with E-state index >= 15 is 0 Å². The molecule has 1 unspecified atom stereocenters. The monoisotopic (exact) mass is 381 g/mol. The zero-order valence-corrected chi connectivity index (χ0v) is 17.1. The van der Waals surface area contributed by atoms with Crippen LogP contribution in [0.15, 0.2) is 48.5 Å². The van der Waals surface area contributed by atoms with E-state index in [1.165, 1.54) is 11.1 Å². The third-order valence-electron chi connectivity index (χ3n) is 5.25. The topological polar surface area (TPSA) is 44.8 Å². The van der Waals surface area contributed by atoms with Crippen LogP contribution in [-0.2, 0) is 13.1 Å². The minimum Gasteiger partial charge on any atom is -0.496 e. The lowest BCUT2D eigenvalue weighted by molar-refractivity contribution is 0.151. The van der Waals surface area contributed by atoms with E-state index in [9.17, 15) is 4.79 Å². The van der Waals surface area contributed by atoms with Crippen LogP contribution in [-0.4, -0.2) is 43.6 Å². The van der Waals surface area contributed by atoms with Crippen molar-refractivity contribution in [3.05, 3.63) is 65.2 Å². The van der Waals surface area contributed by atoms with Gasteiger partial charge in [-0.3, -0.25) is 0 Å². The maximum Gasteiger partial charge on any atom is 0.318 e. The van der Waals surface area contributed by atoms with Crippen LogP contribution in [0.4, 0.5) is 4.79 Å². The Balaban J connectivity index is 1.67. The van der Waals surface area contributed by atoms with Crippen LogP contribution >= 0.6 is 0 Å². The molecule has 28 heavy (non-hydrogen) atoms.